The van der Waals surface area contributed by atoms with Gasteiger partial charge in [0.15, 0.2) is 0 Å². The zero-order valence-corrected chi connectivity index (χ0v) is 13.4. The lowest BCUT2D eigenvalue weighted by Gasteiger charge is -2.17. The van der Waals surface area contributed by atoms with Gasteiger partial charge in [0, 0.05) is 28.9 Å². The molecule has 5 nitrogen and oxygen atoms in total. The van der Waals surface area contributed by atoms with E-state index >= 15 is 0 Å². The first-order chi connectivity index (χ1) is 10.2. The summed E-state index contributed by atoms with van der Waals surface area (Å²) in [5, 5.41) is 0. The van der Waals surface area contributed by atoms with Crippen molar-refractivity contribution in [1.29, 1.82) is 0 Å². The van der Waals surface area contributed by atoms with Gasteiger partial charge in [0.25, 0.3) is 5.91 Å². The lowest BCUT2D eigenvalue weighted by Crippen LogP contribution is -2.31. The number of halogens is 1. The van der Waals surface area contributed by atoms with Crippen molar-refractivity contribution in [3.05, 3.63) is 52.0 Å². The van der Waals surface area contributed by atoms with Crippen molar-refractivity contribution < 1.29 is 9.53 Å². The van der Waals surface area contributed by atoms with Gasteiger partial charge in [-0.15, -0.1) is 0 Å². The zero-order chi connectivity index (χ0) is 14.7. The number of hydrogen-bond acceptors (Lipinski definition) is 4. The molecular weight excluding hydrogens is 381 g/mol. The van der Waals surface area contributed by atoms with E-state index in [-0.39, 0.29) is 12.0 Å². The van der Waals surface area contributed by atoms with Crippen LogP contribution in [-0.4, -0.2) is 40.0 Å². The highest BCUT2D eigenvalue weighted by Crippen LogP contribution is 2.20. The van der Waals surface area contributed by atoms with Crippen LogP contribution < -0.4 is 4.74 Å². The van der Waals surface area contributed by atoms with Gasteiger partial charge >= 0.3 is 0 Å². The minimum Gasteiger partial charge on any atom is -0.471 e. The van der Waals surface area contributed by atoms with Gasteiger partial charge in [-0.3, -0.25) is 9.78 Å². The first-order valence-electron chi connectivity index (χ1n) is 6.70. The Labute approximate surface area is 136 Å². The van der Waals surface area contributed by atoms with Crippen LogP contribution in [0.3, 0.4) is 0 Å². The van der Waals surface area contributed by atoms with Gasteiger partial charge in [-0.05, 0) is 34.7 Å². The Morgan fingerprint density at radius 3 is 2.95 bits per heavy atom. The highest BCUT2D eigenvalue weighted by molar-refractivity contribution is 14.1. The molecule has 108 valence electrons. The molecule has 2 heterocycles. The SMILES string of the molecule is O=C(c1ccccc1I)N1CCC(Oc2cnccn2)C1. The maximum absolute atomic E-state index is 12.5. The first kappa shape index (κ1) is 14.2. The molecule has 21 heavy (non-hydrogen) atoms. The Kier molecular flexibility index (Phi) is 4.33. The molecule has 0 aliphatic carbocycles. The lowest BCUT2D eigenvalue weighted by atomic mass is 10.2. The molecule has 0 saturated carbocycles. The molecule has 1 aromatic heterocycles. The third-order valence-corrected chi connectivity index (χ3v) is 4.30. The number of carbonyl (C=O) groups is 1. The second kappa shape index (κ2) is 6.38. The molecule has 1 unspecified atom stereocenters. The van der Waals surface area contributed by atoms with E-state index < -0.39 is 0 Å². The van der Waals surface area contributed by atoms with Crippen LogP contribution in [0.25, 0.3) is 0 Å². The van der Waals surface area contributed by atoms with E-state index in [1.165, 1.54) is 0 Å². The Balaban J connectivity index is 1.65. The molecule has 1 fully saturated rings. The fraction of sp³-hybridized carbons (Fsp3) is 0.267. The highest BCUT2D eigenvalue weighted by Gasteiger charge is 2.29. The molecule has 1 aliphatic heterocycles. The molecule has 0 bridgehead atoms. The average molecular weight is 395 g/mol. The largest absolute Gasteiger partial charge is 0.471 e. The molecule has 6 heteroatoms. The Hall–Kier alpha value is -1.70. The normalized spacial score (nSPS) is 17.8. The van der Waals surface area contributed by atoms with Crippen molar-refractivity contribution >= 4 is 28.5 Å². The number of amides is 1. The monoisotopic (exact) mass is 395 g/mol. The second-order valence-corrected chi connectivity index (χ2v) is 5.97. The van der Waals surface area contributed by atoms with Gasteiger partial charge in [-0.1, -0.05) is 12.1 Å². The van der Waals surface area contributed by atoms with Crippen LogP contribution in [-0.2, 0) is 0 Å². The van der Waals surface area contributed by atoms with Gasteiger partial charge in [0.05, 0.1) is 18.3 Å². The average Bonchev–Trinajstić information content (AvgIpc) is 2.97. The Morgan fingerprint density at radius 1 is 1.33 bits per heavy atom. The first-order valence-corrected chi connectivity index (χ1v) is 7.78. The topological polar surface area (TPSA) is 55.3 Å². The molecule has 2 aromatic rings. The molecule has 0 N–H and O–H groups in total. The van der Waals surface area contributed by atoms with E-state index in [4.69, 9.17) is 4.74 Å². The van der Waals surface area contributed by atoms with Crippen molar-refractivity contribution in [3.63, 3.8) is 0 Å². The van der Waals surface area contributed by atoms with E-state index in [1.807, 2.05) is 29.2 Å². The van der Waals surface area contributed by atoms with E-state index in [9.17, 15) is 4.79 Å². The standard InChI is InChI=1S/C15H14IN3O2/c16-13-4-2-1-3-12(13)15(20)19-8-5-11(10-19)21-14-9-17-6-7-18-14/h1-4,6-7,9,11H,5,8,10H2. The quantitative estimate of drug-likeness (QED) is 0.749. The van der Waals surface area contributed by atoms with Crippen molar-refractivity contribution in [3.8, 4) is 5.88 Å². The summed E-state index contributed by atoms with van der Waals surface area (Å²) in [6, 6.07) is 7.62. The summed E-state index contributed by atoms with van der Waals surface area (Å²) in [5.74, 6) is 0.566. The molecule has 0 spiro atoms. The maximum atomic E-state index is 12.5. The van der Waals surface area contributed by atoms with Crippen molar-refractivity contribution in [2.75, 3.05) is 13.1 Å². The summed E-state index contributed by atoms with van der Waals surface area (Å²) in [6.45, 7) is 1.29. The predicted octanol–water partition coefficient (Wildman–Crippen LogP) is 2.37. The molecule has 1 aliphatic rings. The highest BCUT2D eigenvalue weighted by atomic mass is 127. The van der Waals surface area contributed by atoms with Gasteiger partial charge in [-0.2, -0.15) is 0 Å². The van der Waals surface area contributed by atoms with Gasteiger partial charge < -0.3 is 9.64 Å². The Morgan fingerprint density at radius 2 is 2.19 bits per heavy atom. The van der Waals surface area contributed by atoms with Crippen LogP contribution in [0.2, 0.25) is 0 Å². The third-order valence-electron chi connectivity index (χ3n) is 3.36. The third kappa shape index (κ3) is 3.31. The van der Waals surface area contributed by atoms with Gasteiger partial charge in [0.2, 0.25) is 5.88 Å². The van der Waals surface area contributed by atoms with Gasteiger partial charge in [0.1, 0.15) is 6.10 Å². The predicted molar refractivity (Wildman–Crippen MR) is 86.1 cm³/mol. The smallest absolute Gasteiger partial charge is 0.255 e. The minimum absolute atomic E-state index is 0.0213. The molecule has 0 radical (unpaired) electrons. The fourth-order valence-electron chi connectivity index (χ4n) is 2.33. The summed E-state index contributed by atoms with van der Waals surface area (Å²) in [5.41, 5.74) is 0.748. The fourth-order valence-corrected chi connectivity index (χ4v) is 2.95. The number of carbonyl (C=O) groups excluding carboxylic acids is 1. The van der Waals surface area contributed by atoms with Crippen LogP contribution in [0.5, 0.6) is 5.88 Å². The number of aromatic nitrogens is 2. The van der Waals surface area contributed by atoms with Crippen LogP contribution in [0.4, 0.5) is 0 Å². The maximum Gasteiger partial charge on any atom is 0.255 e. The molecule has 1 saturated heterocycles. The molecule has 1 aromatic carbocycles. The lowest BCUT2D eigenvalue weighted by molar-refractivity contribution is 0.0770. The van der Waals surface area contributed by atoms with Crippen LogP contribution in [0, 0.1) is 3.57 Å². The van der Waals surface area contributed by atoms with Crippen molar-refractivity contribution in [2.24, 2.45) is 0 Å². The van der Waals surface area contributed by atoms with E-state index in [0.29, 0.717) is 19.0 Å². The van der Waals surface area contributed by atoms with E-state index in [0.717, 1.165) is 15.6 Å². The van der Waals surface area contributed by atoms with Crippen molar-refractivity contribution in [1.82, 2.24) is 14.9 Å². The molecule has 1 atom stereocenters. The molecule has 1 amide bonds. The molecular formula is C15H14IN3O2. The van der Waals surface area contributed by atoms with Crippen LogP contribution in [0.15, 0.2) is 42.9 Å². The molecule has 3 rings (SSSR count). The van der Waals surface area contributed by atoms with E-state index in [2.05, 4.69) is 32.6 Å². The number of likely N-dealkylation sites (tertiary alicyclic amines) is 1. The summed E-state index contributed by atoms with van der Waals surface area (Å²) in [4.78, 5) is 22.4. The Bertz CT molecular complexity index is 636. The number of hydrogen-bond donors (Lipinski definition) is 0. The van der Waals surface area contributed by atoms with Crippen molar-refractivity contribution in [2.45, 2.75) is 12.5 Å². The summed E-state index contributed by atoms with van der Waals surface area (Å²) < 4.78 is 6.72. The zero-order valence-electron chi connectivity index (χ0n) is 11.3. The number of rotatable bonds is 3. The van der Waals surface area contributed by atoms with Gasteiger partial charge in [-0.25, -0.2) is 4.98 Å². The minimum atomic E-state index is -0.0213. The second-order valence-electron chi connectivity index (χ2n) is 4.80. The number of ether oxygens (including phenoxy) is 1. The van der Waals surface area contributed by atoms with Crippen LogP contribution >= 0.6 is 22.6 Å². The number of nitrogens with zero attached hydrogens (tertiary/aromatic N) is 3. The number of benzene rings is 1. The van der Waals surface area contributed by atoms with E-state index in [1.54, 1.807) is 18.6 Å². The summed E-state index contributed by atoms with van der Waals surface area (Å²) >= 11 is 2.19. The summed E-state index contributed by atoms with van der Waals surface area (Å²) in [6.07, 6.45) is 5.58. The summed E-state index contributed by atoms with van der Waals surface area (Å²) in [7, 11) is 0. The van der Waals surface area contributed by atoms with Crippen LogP contribution in [0.1, 0.15) is 16.8 Å².